The van der Waals surface area contributed by atoms with E-state index in [1.54, 1.807) is 4.90 Å². The van der Waals surface area contributed by atoms with Crippen molar-refractivity contribution in [2.24, 2.45) is 10.7 Å². The van der Waals surface area contributed by atoms with Gasteiger partial charge in [0.2, 0.25) is 0 Å². The SMILES string of the molecule is CC(C)(C)OC(=O)N1CCC(Oc2cccc3c2C(N)=NC(=O)C3)CC1. The number of likely N-dealkylation sites (tertiary alicyclic amines) is 1. The number of rotatable bonds is 2. The van der Waals surface area contributed by atoms with Gasteiger partial charge in [0, 0.05) is 25.9 Å². The zero-order chi connectivity index (χ0) is 18.9. The molecule has 140 valence electrons. The van der Waals surface area contributed by atoms with Gasteiger partial charge in [0.25, 0.3) is 5.91 Å². The fourth-order valence-electron chi connectivity index (χ4n) is 3.17. The minimum atomic E-state index is -0.498. The van der Waals surface area contributed by atoms with Gasteiger partial charge >= 0.3 is 6.09 Å². The number of hydrogen-bond donors (Lipinski definition) is 1. The summed E-state index contributed by atoms with van der Waals surface area (Å²) in [5.74, 6) is 0.614. The van der Waals surface area contributed by atoms with Crippen LogP contribution in [0.5, 0.6) is 5.75 Å². The van der Waals surface area contributed by atoms with E-state index in [1.165, 1.54) is 0 Å². The Balaban J connectivity index is 1.63. The second-order valence-electron chi connectivity index (χ2n) is 7.64. The van der Waals surface area contributed by atoms with Crippen LogP contribution in [0.3, 0.4) is 0 Å². The van der Waals surface area contributed by atoms with E-state index in [1.807, 2.05) is 39.0 Å². The molecule has 3 rings (SSSR count). The second-order valence-corrected chi connectivity index (χ2v) is 7.64. The van der Waals surface area contributed by atoms with E-state index in [4.69, 9.17) is 15.2 Å². The molecule has 0 aliphatic carbocycles. The van der Waals surface area contributed by atoms with Crippen molar-refractivity contribution in [3.8, 4) is 5.75 Å². The highest BCUT2D eigenvalue weighted by atomic mass is 16.6. The number of hydrogen-bond acceptors (Lipinski definition) is 5. The van der Waals surface area contributed by atoms with E-state index in [0.717, 1.165) is 5.56 Å². The predicted molar refractivity (Wildman–Crippen MR) is 97.3 cm³/mol. The standard InChI is InChI=1S/C19H25N3O4/c1-19(2,3)26-18(24)22-9-7-13(8-10-22)25-14-6-4-5-12-11-15(23)21-17(20)16(12)14/h4-6,13H,7-11H2,1-3H3,(H2,20,21,23). The van der Waals surface area contributed by atoms with Crippen LogP contribution in [0.25, 0.3) is 0 Å². The average molecular weight is 359 g/mol. The van der Waals surface area contributed by atoms with Gasteiger partial charge in [0.15, 0.2) is 0 Å². The number of carbonyl (C=O) groups excluding carboxylic acids is 2. The largest absolute Gasteiger partial charge is 0.490 e. The van der Waals surface area contributed by atoms with Gasteiger partial charge in [-0.25, -0.2) is 4.79 Å². The molecule has 0 radical (unpaired) electrons. The van der Waals surface area contributed by atoms with Crippen LogP contribution in [-0.2, 0) is 16.0 Å². The molecule has 1 saturated heterocycles. The Hall–Kier alpha value is -2.57. The highest BCUT2D eigenvalue weighted by molar-refractivity contribution is 6.10. The highest BCUT2D eigenvalue weighted by Crippen LogP contribution is 2.28. The van der Waals surface area contributed by atoms with Gasteiger partial charge in [-0.2, -0.15) is 4.99 Å². The van der Waals surface area contributed by atoms with Crippen LogP contribution < -0.4 is 10.5 Å². The molecule has 1 aromatic rings. The molecule has 2 amide bonds. The summed E-state index contributed by atoms with van der Waals surface area (Å²) in [4.78, 5) is 29.3. The van der Waals surface area contributed by atoms with Crippen molar-refractivity contribution < 1.29 is 19.1 Å². The molecule has 2 aliphatic heterocycles. The van der Waals surface area contributed by atoms with Crippen LogP contribution in [0.2, 0.25) is 0 Å². The van der Waals surface area contributed by atoms with Crippen molar-refractivity contribution in [3.63, 3.8) is 0 Å². The second kappa shape index (κ2) is 6.97. The number of amidine groups is 1. The molecule has 7 nitrogen and oxygen atoms in total. The first-order valence-electron chi connectivity index (χ1n) is 8.87. The maximum Gasteiger partial charge on any atom is 0.410 e. The number of fused-ring (bicyclic) bond motifs is 1. The quantitative estimate of drug-likeness (QED) is 0.874. The number of piperidine rings is 1. The Morgan fingerprint density at radius 1 is 1.27 bits per heavy atom. The number of aliphatic imine (C=N–C) groups is 1. The van der Waals surface area contributed by atoms with Crippen molar-refractivity contribution in [1.29, 1.82) is 0 Å². The van der Waals surface area contributed by atoms with E-state index >= 15 is 0 Å². The first-order valence-corrected chi connectivity index (χ1v) is 8.87. The zero-order valence-corrected chi connectivity index (χ0v) is 15.4. The lowest BCUT2D eigenvalue weighted by Crippen LogP contribution is -2.44. The third kappa shape index (κ3) is 4.15. The fraction of sp³-hybridized carbons (Fsp3) is 0.526. The Labute approximate surface area is 153 Å². The topological polar surface area (TPSA) is 94.2 Å². The normalized spacial score (nSPS) is 18.2. The summed E-state index contributed by atoms with van der Waals surface area (Å²) in [5, 5.41) is 0. The molecule has 2 heterocycles. The monoisotopic (exact) mass is 359 g/mol. The lowest BCUT2D eigenvalue weighted by atomic mass is 9.99. The number of nitrogens with zero attached hydrogens (tertiary/aromatic N) is 2. The molecule has 0 spiro atoms. The molecule has 1 fully saturated rings. The number of nitrogens with two attached hydrogens (primary N) is 1. The molecule has 0 saturated carbocycles. The van der Waals surface area contributed by atoms with Crippen LogP contribution in [0.4, 0.5) is 4.79 Å². The lowest BCUT2D eigenvalue weighted by molar-refractivity contribution is -0.117. The van der Waals surface area contributed by atoms with Gasteiger partial charge in [0.1, 0.15) is 23.3 Å². The zero-order valence-electron chi connectivity index (χ0n) is 15.4. The van der Waals surface area contributed by atoms with E-state index in [9.17, 15) is 9.59 Å². The molecule has 2 N–H and O–H groups in total. The summed E-state index contributed by atoms with van der Waals surface area (Å²) in [6.07, 6.45) is 1.34. The summed E-state index contributed by atoms with van der Waals surface area (Å²) >= 11 is 0. The first-order chi connectivity index (χ1) is 12.2. The minimum Gasteiger partial charge on any atom is -0.490 e. The third-order valence-electron chi connectivity index (χ3n) is 4.34. The predicted octanol–water partition coefficient (Wildman–Crippen LogP) is 2.25. The van der Waals surface area contributed by atoms with Gasteiger partial charge in [0.05, 0.1) is 12.0 Å². The van der Waals surface area contributed by atoms with E-state index in [-0.39, 0.29) is 30.4 Å². The molecule has 1 aromatic carbocycles. The van der Waals surface area contributed by atoms with E-state index < -0.39 is 5.60 Å². The highest BCUT2D eigenvalue weighted by Gasteiger charge is 2.29. The first kappa shape index (κ1) is 18.2. The number of carbonyl (C=O) groups is 2. The van der Waals surface area contributed by atoms with Crippen LogP contribution in [0, 0.1) is 0 Å². The molecule has 2 aliphatic rings. The van der Waals surface area contributed by atoms with Gasteiger partial charge < -0.3 is 20.1 Å². The Kier molecular flexibility index (Phi) is 4.89. The average Bonchev–Trinajstić information content (AvgIpc) is 2.53. The summed E-state index contributed by atoms with van der Waals surface area (Å²) in [6.45, 7) is 6.73. The Bertz CT molecular complexity index is 744. The lowest BCUT2D eigenvalue weighted by Gasteiger charge is -2.34. The van der Waals surface area contributed by atoms with Crippen LogP contribution in [0.1, 0.15) is 44.7 Å². The summed E-state index contributed by atoms with van der Waals surface area (Å²) in [6, 6.07) is 5.57. The number of ether oxygens (including phenoxy) is 2. The van der Waals surface area contributed by atoms with Crippen molar-refractivity contribution in [2.75, 3.05) is 13.1 Å². The fourth-order valence-corrected chi connectivity index (χ4v) is 3.17. The van der Waals surface area contributed by atoms with Gasteiger partial charge in [-0.1, -0.05) is 12.1 Å². The van der Waals surface area contributed by atoms with Gasteiger partial charge in [-0.15, -0.1) is 0 Å². The molecule has 26 heavy (non-hydrogen) atoms. The molecule has 0 atom stereocenters. The molecule has 7 heteroatoms. The third-order valence-corrected chi connectivity index (χ3v) is 4.34. The van der Waals surface area contributed by atoms with E-state index in [0.29, 0.717) is 37.2 Å². The van der Waals surface area contributed by atoms with Crippen LogP contribution in [0.15, 0.2) is 23.2 Å². The molecule has 0 aromatic heterocycles. The number of amides is 2. The smallest absolute Gasteiger partial charge is 0.410 e. The molecular formula is C19H25N3O4. The van der Waals surface area contributed by atoms with Crippen molar-refractivity contribution in [1.82, 2.24) is 4.90 Å². The Morgan fingerprint density at radius 3 is 2.62 bits per heavy atom. The summed E-state index contributed by atoms with van der Waals surface area (Å²) < 4.78 is 11.5. The van der Waals surface area contributed by atoms with Crippen molar-refractivity contribution in [3.05, 3.63) is 29.3 Å². The molecule has 0 bridgehead atoms. The maximum atomic E-state index is 12.1. The minimum absolute atomic E-state index is 0.0226. The van der Waals surface area contributed by atoms with Crippen LogP contribution in [-0.4, -0.2) is 47.5 Å². The summed E-state index contributed by atoms with van der Waals surface area (Å²) in [7, 11) is 0. The summed E-state index contributed by atoms with van der Waals surface area (Å²) in [5.41, 5.74) is 6.99. The van der Waals surface area contributed by atoms with E-state index in [2.05, 4.69) is 4.99 Å². The Morgan fingerprint density at radius 2 is 1.96 bits per heavy atom. The number of benzene rings is 1. The maximum absolute atomic E-state index is 12.1. The molecular weight excluding hydrogens is 334 g/mol. The van der Waals surface area contributed by atoms with Gasteiger partial charge in [-0.3, -0.25) is 4.79 Å². The van der Waals surface area contributed by atoms with Gasteiger partial charge in [-0.05, 0) is 32.4 Å². The van der Waals surface area contributed by atoms with Crippen molar-refractivity contribution >= 4 is 17.8 Å². The van der Waals surface area contributed by atoms with Crippen molar-refractivity contribution in [2.45, 2.75) is 51.7 Å². The molecule has 0 unspecified atom stereocenters. The van der Waals surface area contributed by atoms with Crippen LogP contribution >= 0.6 is 0 Å².